The Balaban J connectivity index is 2.08. The fraction of sp³-hybridized carbons (Fsp3) is 0.107. The van der Waals surface area contributed by atoms with Gasteiger partial charge in [-0.3, -0.25) is 19.8 Å². The summed E-state index contributed by atoms with van der Waals surface area (Å²) in [6.07, 6.45) is 2.78. The number of ether oxygens (including phenoxy) is 1. The second-order valence-electron chi connectivity index (χ2n) is 8.23. The number of carbonyl (C=O) groups is 2. The highest BCUT2D eigenvalue weighted by molar-refractivity contribution is 9.10. The first-order valence-corrected chi connectivity index (χ1v) is 11.8. The summed E-state index contributed by atoms with van der Waals surface area (Å²) in [6, 6.07) is 21.8. The minimum atomic E-state index is -1.92. The summed E-state index contributed by atoms with van der Waals surface area (Å²) in [6.45, 7) is 3.95. The Morgan fingerprint density at radius 1 is 1.11 bits per heavy atom. The minimum Gasteiger partial charge on any atom is -0.466 e. The third-order valence-corrected chi connectivity index (χ3v) is 6.82. The van der Waals surface area contributed by atoms with Crippen LogP contribution in [0.1, 0.15) is 33.0 Å². The van der Waals surface area contributed by atoms with Crippen molar-refractivity contribution in [3.8, 4) is 6.07 Å². The van der Waals surface area contributed by atoms with E-state index >= 15 is 0 Å². The number of methoxy groups -OCH3 is 1. The van der Waals surface area contributed by atoms with Crippen molar-refractivity contribution >= 4 is 39.6 Å². The fourth-order valence-electron chi connectivity index (χ4n) is 4.64. The van der Waals surface area contributed by atoms with Crippen LogP contribution in [0.25, 0.3) is 6.08 Å². The van der Waals surface area contributed by atoms with Gasteiger partial charge in [0.05, 0.1) is 29.6 Å². The Hall–Kier alpha value is -4.55. The number of nitro groups is 1. The predicted octanol–water partition coefficient (Wildman–Crippen LogP) is 5.72. The van der Waals surface area contributed by atoms with Crippen LogP contribution in [0.15, 0.2) is 95.6 Å². The molecule has 0 saturated heterocycles. The summed E-state index contributed by atoms with van der Waals surface area (Å²) in [5, 5.41) is 22.8. The molecule has 0 bridgehead atoms. The normalized spacial score (nSPS) is 16.7. The van der Waals surface area contributed by atoms with Crippen LogP contribution in [0.5, 0.6) is 0 Å². The Morgan fingerprint density at radius 3 is 2.38 bits per heavy atom. The Labute approximate surface area is 221 Å². The number of nitro benzene ring substituents is 1. The zero-order valence-electron chi connectivity index (χ0n) is 19.6. The third kappa shape index (κ3) is 4.32. The molecule has 1 aliphatic rings. The summed E-state index contributed by atoms with van der Waals surface area (Å²) in [7, 11) is 1.19. The maximum atomic E-state index is 13.9. The highest BCUT2D eigenvalue weighted by Crippen LogP contribution is 2.51. The lowest BCUT2D eigenvalue weighted by molar-refractivity contribution is -0.385. The van der Waals surface area contributed by atoms with Crippen molar-refractivity contribution in [3.05, 3.63) is 128 Å². The maximum absolute atomic E-state index is 13.9. The monoisotopic (exact) mass is 557 g/mol. The van der Waals surface area contributed by atoms with Crippen molar-refractivity contribution in [2.24, 2.45) is 0 Å². The fourth-order valence-corrected chi connectivity index (χ4v) is 4.90. The van der Waals surface area contributed by atoms with Crippen molar-refractivity contribution in [2.45, 2.75) is 11.5 Å². The van der Waals surface area contributed by atoms with Crippen LogP contribution in [0.2, 0.25) is 0 Å². The van der Waals surface area contributed by atoms with Crippen molar-refractivity contribution in [2.75, 3.05) is 7.11 Å². The maximum Gasteiger partial charge on any atom is 0.333 e. The summed E-state index contributed by atoms with van der Waals surface area (Å²) in [5.74, 6) is -2.45. The van der Waals surface area contributed by atoms with E-state index in [9.17, 15) is 25.0 Å². The molecular formula is C28H20BrN3O5. The standard InChI is InChI=1S/C28H20BrN3O5/c1-18(27(34)37-2)25(19-7-4-3-5-8-19)28(17-30)23-9-6-10-24(32(35)36)22(23)15-16-31(28)26(33)20-11-13-21(29)14-12-20/h3-16,25H,1H2,2H3/t25-,28-/m0/s1. The van der Waals surface area contributed by atoms with E-state index < -0.39 is 28.3 Å². The number of nitrogens with zero attached hydrogens (tertiary/aromatic N) is 3. The lowest BCUT2D eigenvalue weighted by Crippen LogP contribution is -2.52. The molecule has 4 rings (SSSR count). The molecule has 0 unspecified atom stereocenters. The SMILES string of the molecule is C=C(C(=O)OC)[C@@H](c1ccccc1)[C@]1(C#N)c2cccc([N+](=O)[O-])c2C=CN1C(=O)c1ccc(Br)cc1. The molecule has 3 aromatic rings. The van der Waals surface area contributed by atoms with Crippen LogP contribution in [-0.4, -0.2) is 28.8 Å². The van der Waals surface area contributed by atoms with E-state index in [0.29, 0.717) is 5.56 Å². The lowest BCUT2D eigenvalue weighted by Gasteiger charge is -2.45. The molecule has 0 fully saturated rings. The average molecular weight is 558 g/mol. The number of esters is 1. The molecule has 0 aliphatic carbocycles. The quantitative estimate of drug-likeness (QED) is 0.166. The number of fused-ring (bicyclic) bond motifs is 1. The van der Waals surface area contributed by atoms with Crippen LogP contribution >= 0.6 is 15.9 Å². The minimum absolute atomic E-state index is 0.0865. The number of halogens is 1. The van der Waals surface area contributed by atoms with Crippen LogP contribution in [-0.2, 0) is 15.1 Å². The smallest absolute Gasteiger partial charge is 0.333 e. The average Bonchev–Trinajstić information content (AvgIpc) is 2.92. The number of carbonyl (C=O) groups excluding carboxylic acids is 2. The van der Waals surface area contributed by atoms with Gasteiger partial charge in [0.2, 0.25) is 0 Å². The molecule has 8 nitrogen and oxygen atoms in total. The molecule has 9 heteroatoms. The van der Waals surface area contributed by atoms with E-state index in [0.717, 1.165) is 4.47 Å². The third-order valence-electron chi connectivity index (χ3n) is 6.29. The molecule has 37 heavy (non-hydrogen) atoms. The molecule has 184 valence electrons. The van der Waals surface area contributed by atoms with Crippen LogP contribution in [0.3, 0.4) is 0 Å². The highest BCUT2D eigenvalue weighted by Gasteiger charge is 2.54. The van der Waals surface area contributed by atoms with Gasteiger partial charge in [0.25, 0.3) is 11.6 Å². The first-order valence-electron chi connectivity index (χ1n) is 11.0. The van der Waals surface area contributed by atoms with E-state index in [4.69, 9.17) is 4.74 Å². The van der Waals surface area contributed by atoms with Gasteiger partial charge in [-0.15, -0.1) is 0 Å². The molecular weight excluding hydrogens is 538 g/mol. The Morgan fingerprint density at radius 2 is 1.78 bits per heavy atom. The largest absolute Gasteiger partial charge is 0.466 e. The van der Waals surface area contributed by atoms with Gasteiger partial charge in [-0.1, -0.05) is 65.0 Å². The van der Waals surface area contributed by atoms with Gasteiger partial charge in [-0.2, -0.15) is 5.26 Å². The number of hydrogen-bond donors (Lipinski definition) is 0. The molecule has 2 atom stereocenters. The van der Waals surface area contributed by atoms with Gasteiger partial charge in [0.1, 0.15) is 0 Å². The van der Waals surface area contributed by atoms with Gasteiger partial charge in [-0.05, 0) is 35.9 Å². The molecule has 0 saturated carbocycles. The first-order chi connectivity index (χ1) is 17.8. The Kier molecular flexibility index (Phi) is 7.05. The molecule has 0 aromatic heterocycles. The summed E-state index contributed by atoms with van der Waals surface area (Å²) in [5.41, 5.74) is -1.12. The van der Waals surface area contributed by atoms with E-state index in [1.165, 1.54) is 36.4 Å². The van der Waals surface area contributed by atoms with Gasteiger partial charge >= 0.3 is 5.97 Å². The molecule has 3 aromatic carbocycles. The van der Waals surface area contributed by atoms with Gasteiger partial charge in [0, 0.05) is 33.4 Å². The molecule has 0 N–H and O–H groups in total. The molecule has 1 aliphatic heterocycles. The second-order valence-corrected chi connectivity index (χ2v) is 9.15. The summed E-state index contributed by atoms with van der Waals surface area (Å²) >= 11 is 3.35. The number of nitriles is 1. The Bertz CT molecular complexity index is 1480. The van der Waals surface area contributed by atoms with E-state index in [1.807, 2.05) is 0 Å². The van der Waals surface area contributed by atoms with E-state index in [1.54, 1.807) is 60.7 Å². The molecule has 1 heterocycles. The van der Waals surface area contributed by atoms with Crippen LogP contribution < -0.4 is 0 Å². The van der Waals surface area contributed by atoms with Gasteiger partial charge in [0.15, 0.2) is 5.54 Å². The highest BCUT2D eigenvalue weighted by atomic mass is 79.9. The van der Waals surface area contributed by atoms with Gasteiger partial charge < -0.3 is 4.74 Å². The number of hydrogen-bond acceptors (Lipinski definition) is 6. The van der Waals surface area contributed by atoms with Crippen molar-refractivity contribution in [1.29, 1.82) is 5.26 Å². The molecule has 0 spiro atoms. The lowest BCUT2D eigenvalue weighted by atomic mass is 9.68. The summed E-state index contributed by atoms with van der Waals surface area (Å²) in [4.78, 5) is 39.3. The van der Waals surface area contributed by atoms with Crippen LogP contribution in [0.4, 0.5) is 5.69 Å². The number of amides is 1. The van der Waals surface area contributed by atoms with Crippen molar-refractivity contribution < 1.29 is 19.2 Å². The predicted molar refractivity (Wildman–Crippen MR) is 140 cm³/mol. The number of rotatable bonds is 6. The summed E-state index contributed by atoms with van der Waals surface area (Å²) < 4.78 is 5.71. The zero-order valence-corrected chi connectivity index (χ0v) is 21.2. The van der Waals surface area contributed by atoms with Gasteiger partial charge in [-0.25, -0.2) is 4.79 Å². The first kappa shape index (κ1) is 25.5. The topological polar surface area (TPSA) is 114 Å². The number of benzene rings is 3. The van der Waals surface area contributed by atoms with Crippen molar-refractivity contribution in [1.82, 2.24) is 4.90 Å². The van der Waals surface area contributed by atoms with Crippen LogP contribution in [0, 0.1) is 21.4 Å². The van der Waals surface area contributed by atoms with E-state index in [2.05, 4.69) is 28.6 Å². The van der Waals surface area contributed by atoms with E-state index in [-0.39, 0.29) is 28.0 Å². The van der Waals surface area contributed by atoms with Crippen molar-refractivity contribution in [3.63, 3.8) is 0 Å². The zero-order chi connectivity index (χ0) is 26.7. The second kappa shape index (κ2) is 10.2. The molecule has 0 radical (unpaired) electrons. The molecule has 1 amide bonds.